The first-order valence-corrected chi connectivity index (χ1v) is 4.06. The van der Waals surface area contributed by atoms with Gasteiger partial charge in [0.2, 0.25) is 0 Å². The SMILES string of the molecule is O=CC(O)c1ccccc1C(O)C=O. The highest BCUT2D eigenvalue weighted by Gasteiger charge is 2.15. The Morgan fingerprint density at radius 1 is 0.929 bits per heavy atom. The first-order chi connectivity index (χ1) is 6.70. The van der Waals surface area contributed by atoms with Crippen molar-refractivity contribution in [2.75, 3.05) is 0 Å². The molecule has 0 bridgehead atoms. The summed E-state index contributed by atoms with van der Waals surface area (Å²) in [7, 11) is 0. The normalized spacial score (nSPS) is 14.4. The van der Waals surface area contributed by atoms with Crippen LogP contribution in [0.3, 0.4) is 0 Å². The Morgan fingerprint density at radius 3 is 1.57 bits per heavy atom. The van der Waals surface area contributed by atoms with E-state index < -0.39 is 12.2 Å². The average molecular weight is 194 g/mol. The number of rotatable bonds is 4. The molecule has 0 aliphatic heterocycles. The molecule has 2 N–H and O–H groups in total. The third kappa shape index (κ3) is 2.04. The van der Waals surface area contributed by atoms with Gasteiger partial charge in [-0.15, -0.1) is 0 Å². The molecule has 0 aliphatic carbocycles. The van der Waals surface area contributed by atoms with Crippen LogP contribution in [0.2, 0.25) is 0 Å². The summed E-state index contributed by atoms with van der Waals surface area (Å²) in [5, 5.41) is 18.5. The maximum Gasteiger partial charge on any atom is 0.153 e. The van der Waals surface area contributed by atoms with E-state index in [-0.39, 0.29) is 11.1 Å². The van der Waals surface area contributed by atoms with Crippen LogP contribution in [0.1, 0.15) is 23.3 Å². The largest absolute Gasteiger partial charge is 0.381 e. The molecule has 0 aromatic heterocycles. The van der Waals surface area contributed by atoms with Crippen LogP contribution < -0.4 is 0 Å². The van der Waals surface area contributed by atoms with E-state index in [0.29, 0.717) is 12.6 Å². The van der Waals surface area contributed by atoms with Crippen LogP contribution in [0.4, 0.5) is 0 Å². The van der Waals surface area contributed by atoms with E-state index in [0.717, 1.165) is 0 Å². The molecule has 0 amide bonds. The summed E-state index contributed by atoms with van der Waals surface area (Å²) in [6, 6.07) is 6.20. The minimum absolute atomic E-state index is 0.252. The minimum atomic E-state index is -1.30. The Kier molecular flexibility index (Phi) is 3.50. The fraction of sp³-hybridized carbons (Fsp3) is 0.200. The molecule has 0 radical (unpaired) electrons. The molecule has 0 heterocycles. The summed E-state index contributed by atoms with van der Waals surface area (Å²) < 4.78 is 0. The zero-order chi connectivity index (χ0) is 10.6. The van der Waals surface area contributed by atoms with Crippen molar-refractivity contribution in [2.24, 2.45) is 0 Å². The van der Waals surface area contributed by atoms with E-state index in [4.69, 9.17) is 0 Å². The lowest BCUT2D eigenvalue weighted by molar-refractivity contribution is -0.116. The molecule has 1 aromatic carbocycles. The molecule has 0 saturated carbocycles. The van der Waals surface area contributed by atoms with Gasteiger partial charge in [-0.3, -0.25) is 0 Å². The van der Waals surface area contributed by atoms with Crippen LogP contribution in [0.15, 0.2) is 24.3 Å². The van der Waals surface area contributed by atoms with Gasteiger partial charge in [-0.05, 0) is 11.1 Å². The van der Waals surface area contributed by atoms with Crippen molar-refractivity contribution in [3.63, 3.8) is 0 Å². The molecule has 1 aromatic rings. The second-order valence-corrected chi connectivity index (χ2v) is 2.79. The Balaban J connectivity index is 3.14. The molecule has 0 aliphatic rings. The van der Waals surface area contributed by atoms with Crippen LogP contribution in [0, 0.1) is 0 Å². The van der Waals surface area contributed by atoms with Gasteiger partial charge in [0, 0.05) is 0 Å². The summed E-state index contributed by atoms with van der Waals surface area (Å²) in [4.78, 5) is 20.7. The summed E-state index contributed by atoms with van der Waals surface area (Å²) in [6.07, 6.45) is -1.92. The van der Waals surface area contributed by atoms with Gasteiger partial charge in [0.05, 0.1) is 0 Å². The van der Waals surface area contributed by atoms with Crippen molar-refractivity contribution in [3.05, 3.63) is 35.4 Å². The van der Waals surface area contributed by atoms with Gasteiger partial charge >= 0.3 is 0 Å². The van der Waals surface area contributed by atoms with Gasteiger partial charge in [0.25, 0.3) is 0 Å². The summed E-state index contributed by atoms with van der Waals surface area (Å²) in [5.74, 6) is 0. The molecule has 0 fully saturated rings. The minimum Gasteiger partial charge on any atom is -0.381 e. The van der Waals surface area contributed by atoms with E-state index in [1.807, 2.05) is 0 Å². The van der Waals surface area contributed by atoms with Crippen molar-refractivity contribution in [1.82, 2.24) is 0 Å². The number of benzene rings is 1. The third-order valence-corrected chi connectivity index (χ3v) is 1.89. The van der Waals surface area contributed by atoms with Crippen LogP contribution in [0.25, 0.3) is 0 Å². The van der Waals surface area contributed by atoms with Crippen LogP contribution >= 0.6 is 0 Å². The zero-order valence-corrected chi connectivity index (χ0v) is 7.33. The number of aliphatic hydroxyl groups excluding tert-OH is 2. The van der Waals surface area contributed by atoms with Crippen molar-refractivity contribution >= 4 is 12.6 Å². The summed E-state index contributed by atoms with van der Waals surface area (Å²) >= 11 is 0. The second kappa shape index (κ2) is 4.64. The van der Waals surface area contributed by atoms with Gasteiger partial charge in [0.15, 0.2) is 12.6 Å². The predicted octanol–water partition coefficient (Wildman–Crippen LogP) is 0.151. The molecule has 1 rings (SSSR count). The number of aliphatic hydroxyl groups is 2. The lowest BCUT2D eigenvalue weighted by atomic mass is 9.99. The standard InChI is InChI=1S/C10H10O4/c11-5-9(13)7-3-1-2-4-8(7)10(14)6-12/h1-6,9-10,13-14H. The summed E-state index contributed by atoms with van der Waals surface area (Å²) in [6.45, 7) is 0. The lowest BCUT2D eigenvalue weighted by Gasteiger charge is -2.11. The number of carbonyl (C=O) groups is 2. The predicted molar refractivity (Wildman–Crippen MR) is 48.5 cm³/mol. The fourth-order valence-corrected chi connectivity index (χ4v) is 1.20. The van der Waals surface area contributed by atoms with E-state index in [1.54, 1.807) is 12.1 Å². The van der Waals surface area contributed by atoms with Crippen molar-refractivity contribution in [1.29, 1.82) is 0 Å². The molecule has 0 spiro atoms. The molecular formula is C10H10O4. The molecular weight excluding hydrogens is 184 g/mol. The molecule has 4 heteroatoms. The van der Waals surface area contributed by atoms with Gasteiger partial charge in [-0.1, -0.05) is 24.3 Å². The highest BCUT2D eigenvalue weighted by molar-refractivity contribution is 5.65. The zero-order valence-electron chi connectivity index (χ0n) is 7.33. The van der Waals surface area contributed by atoms with Crippen molar-refractivity contribution in [2.45, 2.75) is 12.2 Å². The van der Waals surface area contributed by atoms with E-state index in [2.05, 4.69) is 0 Å². The lowest BCUT2D eigenvalue weighted by Crippen LogP contribution is -2.07. The topological polar surface area (TPSA) is 74.6 Å². The van der Waals surface area contributed by atoms with E-state index >= 15 is 0 Å². The van der Waals surface area contributed by atoms with Crippen LogP contribution in [-0.2, 0) is 9.59 Å². The monoisotopic (exact) mass is 194 g/mol. The smallest absolute Gasteiger partial charge is 0.153 e. The van der Waals surface area contributed by atoms with Crippen molar-refractivity contribution < 1.29 is 19.8 Å². The maximum atomic E-state index is 10.3. The number of hydrogen-bond acceptors (Lipinski definition) is 4. The van der Waals surface area contributed by atoms with Gasteiger partial charge in [-0.25, -0.2) is 0 Å². The Bertz CT molecular complexity index is 302. The number of carbonyl (C=O) groups excluding carboxylic acids is 2. The Hall–Kier alpha value is -1.52. The van der Waals surface area contributed by atoms with Gasteiger partial charge < -0.3 is 19.8 Å². The van der Waals surface area contributed by atoms with Gasteiger partial charge in [-0.2, -0.15) is 0 Å². The molecule has 4 nitrogen and oxygen atoms in total. The molecule has 2 atom stereocenters. The van der Waals surface area contributed by atoms with Crippen molar-refractivity contribution in [3.8, 4) is 0 Å². The number of aldehydes is 2. The first kappa shape index (κ1) is 10.6. The quantitative estimate of drug-likeness (QED) is 0.669. The highest BCUT2D eigenvalue weighted by Crippen LogP contribution is 2.21. The number of hydrogen-bond donors (Lipinski definition) is 2. The second-order valence-electron chi connectivity index (χ2n) is 2.79. The Morgan fingerprint density at radius 2 is 1.29 bits per heavy atom. The maximum absolute atomic E-state index is 10.3. The van der Waals surface area contributed by atoms with E-state index in [1.165, 1.54) is 12.1 Å². The van der Waals surface area contributed by atoms with Crippen LogP contribution in [0.5, 0.6) is 0 Å². The third-order valence-electron chi connectivity index (χ3n) is 1.89. The fourth-order valence-electron chi connectivity index (χ4n) is 1.20. The average Bonchev–Trinajstić information content (AvgIpc) is 2.27. The van der Waals surface area contributed by atoms with Crippen LogP contribution in [-0.4, -0.2) is 22.8 Å². The molecule has 14 heavy (non-hydrogen) atoms. The molecule has 74 valence electrons. The molecule has 0 saturated heterocycles. The van der Waals surface area contributed by atoms with Gasteiger partial charge in [0.1, 0.15) is 12.2 Å². The highest BCUT2D eigenvalue weighted by atomic mass is 16.3. The molecule has 2 unspecified atom stereocenters. The Labute approximate surface area is 80.8 Å². The first-order valence-electron chi connectivity index (χ1n) is 4.06. The summed E-state index contributed by atoms with van der Waals surface area (Å²) in [5.41, 5.74) is 0.504. The van der Waals surface area contributed by atoms with E-state index in [9.17, 15) is 19.8 Å².